The first-order chi connectivity index (χ1) is 8.31. The van der Waals surface area contributed by atoms with E-state index in [0.717, 1.165) is 11.8 Å². The van der Waals surface area contributed by atoms with Crippen molar-refractivity contribution in [1.82, 2.24) is 0 Å². The lowest BCUT2D eigenvalue weighted by Crippen LogP contribution is -2.35. The Labute approximate surface area is 107 Å². The Morgan fingerprint density at radius 2 is 2.12 bits per heavy atom. The summed E-state index contributed by atoms with van der Waals surface area (Å²) in [4.78, 5) is 0. The van der Waals surface area contributed by atoms with Crippen molar-refractivity contribution in [1.29, 1.82) is 0 Å². The van der Waals surface area contributed by atoms with Gasteiger partial charge in [-0.05, 0) is 50.4 Å². The largest absolute Gasteiger partial charge is 0.324 e. The van der Waals surface area contributed by atoms with E-state index in [1.165, 1.54) is 64.2 Å². The van der Waals surface area contributed by atoms with Crippen LogP contribution in [-0.4, -0.2) is 6.04 Å². The van der Waals surface area contributed by atoms with Gasteiger partial charge in [-0.15, -0.1) is 0 Å². The van der Waals surface area contributed by atoms with Gasteiger partial charge in [0.2, 0.25) is 0 Å². The van der Waals surface area contributed by atoms with Gasteiger partial charge in [0.1, 0.15) is 0 Å². The van der Waals surface area contributed by atoms with E-state index in [-0.39, 0.29) is 0 Å². The van der Waals surface area contributed by atoms with E-state index in [2.05, 4.69) is 13.0 Å². The summed E-state index contributed by atoms with van der Waals surface area (Å²) >= 11 is 0. The molecule has 3 unspecified atom stereocenters. The highest BCUT2D eigenvalue weighted by atomic mass is 14.7. The minimum absolute atomic E-state index is 0.377. The highest BCUT2D eigenvalue weighted by molar-refractivity contribution is 5.13. The van der Waals surface area contributed by atoms with Gasteiger partial charge in [-0.25, -0.2) is 0 Å². The van der Waals surface area contributed by atoms with Crippen molar-refractivity contribution in [2.45, 2.75) is 77.2 Å². The average Bonchev–Trinajstić information content (AvgIpc) is 2.67. The molecule has 0 aromatic rings. The Balaban J connectivity index is 1.93. The minimum Gasteiger partial charge on any atom is -0.324 e. The number of hydrogen-bond donors (Lipinski definition) is 1. The molecule has 1 fully saturated rings. The van der Waals surface area contributed by atoms with Crippen molar-refractivity contribution in [2.75, 3.05) is 0 Å². The van der Waals surface area contributed by atoms with Gasteiger partial charge >= 0.3 is 0 Å². The molecule has 0 spiro atoms. The fourth-order valence-corrected chi connectivity index (χ4v) is 3.67. The van der Waals surface area contributed by atoms with Crippen molar-refractivity contribution in [3.05, 3.63) is 11.6 Å². The van der Waals surface area contributed by atoms with E-state index in [4.69, 9.17) is 5.73 Å². The normalized spacial score (nSPS) is 32.7. The summed E-state index contributed by atoms with van der Waals surface area (Å²) in [5.74, 6) is 1.73. The second-order valence-corrected chi connectivity index (χ2v) is 6.11. The molecule has 0 aliphatic heterocycles. The topological polar surface area (TPSA) is 26.0 Å². The summed E-state index contributed by atoms with van der Waals surface area (Å²) in [5, 5.41) is 0. The quantitative estimate of drug-likeness (QED) is 0.720. The predicted octanol–water partition coefficient (Wildman–Crippen LogP) is 4.42. The summed E-state index contributed by atoms with van der Waals surface area (Å²) in [6.45, 7) is 2.34. The van der Waals surface area contributed by atoms with E-state index >= 15 is 0 Å². The van der Waals surface area contributed by atoms with Crippen molar-refractivity contribution < 1.29 is 0 Å². The van der Waals surface area contributed by atoms with Crippen LogP contribution < -0.4 is 5.73 Å². The smallest absolute Gasteiger partial charge is 0.0282 e. The fourth-order valence-electron chi connectivity index (χ4n) is 3.67. The van der Waals surface area contributed by atoms with Crippen LogP contribution in [0.5, 0.6) is 0 Å². The van der Waals surface area contributed by atoms with Crippen LogP contribution in [-0.2, 0) is 0 Å². The maximum Gasteiger partial charge on any atom is 0.0282 e. The van der Waals surface area contributed by atoms with Crippen LogP contribution in [0.25, 0.3) is 0 Å². The minimum atomic E-state index is 0.377. The lowest BCUT2D eigenvalue weighted by atomic mass is 9.75. The lowest BCUT2D eigenvalue weighted by molar-refractivity contribution is 0.240. The molecule has 0 aromatic carbocycles. The zero-order chi connectivity index (χ0) is 12.1. The molecule has 0 heterocycles. The zero-order valence-electron chi connectivity index (χ0n) is 11.5. The molecule has 2 N–H and O–H groups in total. The molecule has 17 heavy (non-hydrogen) atoms. The summed E-state index contributed by atoms with van der Waals surface area (Å²) in [6, 6.07) is 0.377. The van der Waals surface area contributed by atoms with E-state index in [9.17, 15) is 0 Å². The summed E-state index contributed by atoms with van der Waals surface area (Å²) in [7, 11) is 0. The van der Waals surface area contributed by atoms with E-state index in [1.807, 2.05) is 0 Å². The fraction of sp³-hybridized carbons (Fsp3) is 0.875. The number of nitrogens with two attached hydrogens (primary N) is 1. The molecule has 0 amide bonds. The van der Waals surface area contributed by atoms with Gasteiger partial charge in [-0.3, -0.25) is 0 Å². The Morgan fingerprint density at radius 3 is 2.94 bits per heavy atom. The summed E-state index contributed by atoms with van der Waals surface area (Å²) in [5.41, 5.74) is 8.13. The second-order valence-electron chi connectivity index (χ2n) is 6.11. The molecular formula is C16H29N. The lowest BCUT2D eigenvalue weighted by Gasteiger charge is -2.33. The van der Waals surface area contributed by atoms with E-state index in [1.54, 1.807) is 5.57 Å². The average molecular weight is 235 g/mol. The first-order valence-corrected chi connectivity index (χ1v) is 7.75. The monoisotopic (exact) mass is 235 g/mol. The molecule has 98 valence electrons. The molecule has 2 aliphatic rings. The van der Waals surface area contributed by atoms with Gasteiger partial charge in [0.25, 0.3) is 0 Å². The van der Waals surface area contributed by atoms with Crippen molar-refractivity contribution in [3.8, 4) is 0 Å². The van der Waals surface area contributed by atoms with Gasteiger partial charge in [0.15, 0.2) is 0 Å². The van der Waals surface area contributed by atoms with Gasteiger partial charge in [-0.2, -0.15) is 0 Å². The van der Waals surface area contributed by atoms with Crippen LogP contribution in [0.2, 0.25) is 0 Å². The first kappa shape index (κ1) is 13.1. The molecule has 0 radical (unpaired) electrons. The SMILES string of the molecule is CCC1CCCC(C(N)C2=CCCCCC2)C1. The van der Waals surface area contributed by atoms with Gasteiger partial charge in [0.05, 0.1) is 0 Å². The highest BCUT2D eigenvalue weighted by Gasteiger charge is 2.27. The van der Waals surface area contributed by atoms with E-state index < -0.39 is 0 Å². The van der Waals surface area contributed by atoms with Crippen molar-refractivity contribution in [2.24, 2.45) is 17.6 Å². The zero-order valence-corrected chi connectivity index (χ0v) is 11.5. The van der Waals surface area contributed by atoms with Crippen LogP contribution >= 0.6 is 0 Å². The number of hydrogen-bond acceptors (Lipinski definition) is 1. The molecule has 3 atom stereocenters. The molecular weight excluding hydrogens is 206 g/mol. The van der Waals surface area contributed by atoms with Crippen LogP contribution in [0.15, 0.2) is 11.6 Å². The molecule has 1 nitrogen and oxygen atoms in total. The van der Waals surface area contributed by atoms with Gasteiger partial charge in [0, 0.05) is 6.04 Å². The van der Waals surface area contributed by atoms with Gasteiger partial charge in [-0.1, -0.05) is 44.3 Å². The van der Waals surface area contributed by atoms with Gasteiger partial charge < -0.3 is 5.73 Å². The predicted molar refractivity (Wildman–Crippen MR) is 74.9 cm³/mol. The summed E-state index contributed by atoms with van der Waals surface area (Å²) in [6.07, 6.45) is 16.1. The molecule has 0 aromatic heterocycles. The number of rotatable bonds is 3. The molecule has 2 aliphatic carbocycles. The summed E-state index contributed by atoms with van der Waals surface area (Å²) < 4.78 is 0. The standard InChI is InChI=1S/C16H29N/c1-2-13-8-7-11-15(12-13)16(17)14-9-5-3-4-6-10-14/h9,13,15-16H,2-8,10-12,17H2,1H3. The van der Waals surface area contributed by atoms with Crippen molar-refractivity contribution in [3.63, 3.8) is 0 Å². The maximum atomic E-state index is 6.54. The third kappa shape index (κ3) is 3.58. The maximum absolute atomic E-state index is 6.54. The molecule has 0 saturated heterocycles. The molecule has 1 saturated carbocycles. The number of allylic oxidation sites excluding steroid dienone is 1. The Kier molecular flexibility index (Phi) is 5.09. The Hall–Kier alpha value is -0.300. The molecule has 1 heteroatoms. The second kappa shape index (κ2) is 6.58. The molecule has 0 bridgehead atoms. The van der Waals surface area contributed by atoms with Crippen LogP contribution in [0.3, 0.4) is 0 Å². The first-order valence-electron chi connectivity index (χ1n) is 7.75. The highest BCUT2D eigenvalue weighted by Crippen LogP contribution is 2.35. The van der Waals surface area contributed by atoms with E-state index in [0.29, 0.717) is 6.04 Å². The Bertz CT molecular complexity index is 256. The Morgan fingerprint density at radius 1 is 1.24 bits per heavy atom. The third-order valence-electron chi connectivity index (χ3n) is 4.91. The van der Waals surface area contributed by atoms with Crippen molar-refractivity contribution >= 4 is 0 Å². The molecule has 2 rings (SSSR count). The van der Waals surface area contributed by atoms with Crippen LogP contribution in [0.1, 0.15) is 71.1 Å². The van der Waals surface area contributed by atoms with Crippen LogP contribution in [0.4, 0.5) is 0 Å². The third-order valence-corrected chi connectivity index (χ3v) is 4.91. The van der Waals surface area contributed by atoms with Crippen LogP contribution in [0, 0.1) is 11.8 Å².